The van der Waals surface area contributed by atoms with Crippen LogP contribution >= 0.6 is 45.3 Å². The molecule has 10 heteroatoms. The fraction of sp³-hybridized carbons (Fsp3) is 0. The fourth-order valence-electron chi connectivity index (χ4n) is 24.9. The van der Waals surface area contributed by atoms with Crippen molar-refractivity contribution < 1.29 is 8.83 Å². The van der Waals surface area contributed by atoms with E-state index in [0.29, 0.717) is 0 Å². The number of thiophene rings is 4. The van der Waals surface area contributed by atoms with Gasteiger partial charge in [-0.3, -0.25) is 0 Å². The van der Waals surface area contributed by atoms with Crippen molar-refractivity contribution in [2.45, 2.75) is 0 Å². The Morgan fingerprint density at radius 1 is 0.155 bits per heavy atom. The lowest BCUT2D eigenvalue weighted by atomic mass is 9.97. The van der Waals surface area contributed by atoms with Gasteiger partial charge in [-0.05, 0) is 236 Å². The first-order valence-corrected chi connectivity index (χ1v) is 57.9. The second-order valence-corrected chi connectivity index (χ2v) is 51.2. The van der Waals surface area contributed by atoms with Gasteiger partial charge in [-0.1, -0.05) is 382 Å². The molecule has 0 fully saturated rings. The van der Waals surface area contributed by atoms with Crippen molar-refractivity contribution >= 4 is 271 Å². The number of para-hydroxylation sites is 3. The molecule has 31 rings (SSSR count). The van der Waals surface area contributed by atoms with Gasteiger partial charge < -0.3 is 18.0 Å². The number of hydrogen-bond donors (Lipinski definition) is 0. The smallest absolute Gasteiger partial charge is 0.182 e. The third-order valence-electron chi connectivity index (χ3n) is 31.6. The van der Waals surface area contributed by atoms with Crippen LogP contribution in [0.5, 0.6) is 0 Å². The van der Waals surface area contributed by atoms with Gasteiger partial charge in [-0.25, -0.2) is 0 Å². The largest absolute Gasteiger partial charge is 0.456 e. The van der Waals surface area contributed by atoms with Crippen molar-refractivity contribution in [2.24, 2.45) is 0 Å². The molecule has 0 radical (unpaired) electrons. The predicted molar refractivity (Wildman–Crippen MR) is 641 cm³/mol. The summed E-state index contributed by atoms with van der Waals surface area (Å²) in [6, 6.07) is 193. The highest BCUT2D eigenvalue weighted by Crippen LogP contribution is 2.49. The first kappa shape index (κ1) is 85.0. The van der Waals surface area contributed by atoms with Gasteiger partial charge in [-0.15, -0.1) is 45.3 Å². The van der Waals surface area contributed by atoms with E-state index in [1.54, 1.807) is 0 Å². The molecular formula is C138H84N2O2S4Si2. The summed E-state index contributed by atoms with van der Waals surface area (Å²) < 4.78 is 28.6. The fourth-order valence-corrected chi connectivity index (χ4v) is 40.6. The third kappa shape index (κ3) is 13.0. The maximum absolute atomic E-state index is 6.76. The molecule has 0 aliphatic rings. The number of furan rings is 2. The molecule has 0 saturated carbocycles. The Kier molecular flexibility index (Phi) is 19.3. The van der Waals surface area contributed by atoms with Crippen LogP contribution in [0.15, 0.2) is 518 Å². The Hall–Kier alpha value is -17.4. The van der Waals surface area contributed by atoms with E-state index in [1.165, 1.54) is 194 Å². The molecule has 0 N–H and O–H groups in total. The molecule has 4 nitrogen and oxygen atoms in total. The van der Waals surface area contributed by atoms with E-state index in [-0.39, 0.29) is 0 Å². The summed E-state index contributed by atoms with van der Waals surface area (Å²) in [5, 5.41) is 30.3. The lowest BCUT2D eigenvalue weighted by Gasteiger charge is -2.35. The molecule has 0 aliphatic heterocycles. The molecule has 0 amide bonds. The highest BCUT2D eigenvalue weighted by atomic mass is 32.1. The Morgan fingerprint density at radius 3 is 0.973 bits per heavy atom. The van der Waals surface area contributed by atoms with Gasteiger partial charge in [0.15, 0.2) is 16.1 Å². The summed E-state index contributed by atoms with van der Waals surface area (Å²) in [7, 11) is -6.44. The zero-order valence-electron chi connectivity index (χ0n) is 79.8. The Balaban J connectivity index is 0.497. The van der Waals surface area contributed by atoms with Crippen molar-refractivity contribution in [3.8, 4) is 78.1 Å². The van der Waals surface area contributed by atoms with Crippen LogP contribution in [0.25, 0.3) is 246 Å². The molecule has 148 heavy (non-hydrogen) atoms. The minimum Gasteiger partial charge on any atom is -0.456 e. The first-order valence-electron chi connectivity index (χ1n) is 50.6. The SMILES string of the molecule is c1ccc([Si](c2ccccc2)(c2cccc(-c3cccc4c3sc3ccccc34)c2)c2cccc(-c3cccc4c3sc3cc(-c5ccc6sc7c([Si](c8ccccc8)(c8cccc(-c9ccc%10c(c9)c9ccccc9n%10-c9ccc%10oc%11ccc(-c%12cccc(-c%13ccc%14oc%15ccc(-n%16c%17ccccc%17c%17ccccc%17%16)cc%15c%14c%13)c%12)cc%11c%10c9)c8)c8cccc9c8sc8ccccc89)cccc7c6c5)ccc34)c2)cc1. The predicted octanol–water partition coefficient (Wildman–Crippen LogP) is 33.9. The molecule has 0 aliphatic carbocycles. The second-order valence-electron chi connectivity index (χ2n) is 39.4. The van der Waals surface area contributed by atoms with Crippen molar-refractivity contribution in [1.82, 2.24) is 9.13 Å². The van der Waals surface area contributed by atoms with E-state index < -0.39 is 16.1 Å². The van der Waals surface area contributed by atoms with E-state index in [1.807, 2.05) is 45.3 Å². The Labute approximate surface area is 869 Å². The minimum atomic E-state index is -3.40. The average Bonchev–Trinajstić information content (AvgIpc) is 1.42. The van der Waals surface area contributed by atoms with Gasteiger partial charge in [0.05, 0.1) is 22.1 Å². The van der Waals surface area contributed by atoms with E-state index in [4.69, 9.17) is 8.83 Å². The molecule has 0 saturated heterocycles. The van der Waals surface area contributed by atoms with Crippen LogP contribution in [-0.4, -0.2) is 25.3 Å². The molecule has 31 aromatic rings. The zero-order valence-corrected chi connectivity index (χ0v) is 85.1. The maximum atomic E-state index is 6.76. The van der Waals surface area contributed by atoms with Crippen molar-refractivity contribution in [3.63, 3.8) is 0 Å². The number of rotatable bonds is 16. The summed E-state index contributed by atoms with van der Waals surface area (Å²) in [6.07, 6.45) is 0. The summed E-state index contributed by atoms with van der Waals surface area (Å²) in [6.45, 7) is 0. The van der Waals surface area contributed by atoms with Crippen molar-refractivity contribution in [1.29, 1.82) is 0 Å². The zero-order chi connectivity index (χ0) is 97.0. The van der Waals surface area contributed by atoms with Gasteiger partial charge in [0.1, 0.15) is 22.3 Å². The molecule has 8 aromatic heterocycles. The Morgan fingerprint density at radius 2 is 0.459 bits per heavy atom. The number of hydrogen-bond acceptors (Lipinski definition) is 6. The third-order valence-corrected chi connectivity index (χ3v) is 46.4. The van der Waals surface area contributed by atoms with Crippen LogP contribution in [0.3, 0.4) is 0 Å². The monoisotopic (exact) mass is 1980 g/mol. The summed E-state index contributed by atoms with van der Waals surface area (Å²) in [5.41, 5.74) is 24.5. The number of aromatic nitrogens is 2. The van der Waals surface area contributed by atoms with Crippen LogP contribution in [0.4, 0.5) is 0 Å². The Bertz CT molecular complexity index is 10900. The van der Waals surface area contributed by atoms with Gasteiger partial charge in [0.2, 0.25) is 0 Å². The average molecular weight is 1990 g/mol. The van der Waals surface area contributed by atoms with E-state index >= 15 is 0 Å². The number of nitrogens with zero attached hydrogens (tertiary/aromatic N) is 2. The normalized spacial score (nSPS) is 12.6. The molecule has 23 aromatic carbocycles. The quantitative estimate of drug-likeness (QED) is 0.0714. The van der Waals surface area contributed by atoms with E-state index in [9.17, 15) is 0 Å². The van der Waals surface area contributed by atoms with E-state index in [0.717, 1.165) is 94.1 Å². The molecule has 1 unspecified atom stereocenters. The number of benzene rings is 23. The van der Waals surface area contributed by atoms with Crippen molar-refractivity contribution in [2.75, 3.05) is 0 Å². The second kappa shape index (κ2) is 33.6. The van der Waals surface area contributed by atoms with Crippen LogP contribution in [0, 0.1) is 0 Å². The molecule has 0 spiro atoms. The van der Waals surface area contributed by atoms with Gasteiger partial charge in [0.25, 0.3) is 0 Å². The number of fused-ring (bicyclic) bond motifs is 24. The van der Waals surface area contributed by atoms with Crippen LogP contribution in [-0.2, 0) is 0 Å². The van der Waals surface area contributed by atoms with Gasteiger partial charge >= 0.3 is 0 Å². The highest BCUT2D eigenvalue weighted by molar-refractivity contribution is 7.34. The van der Waals surface area contributed by atoms with Crippen molar-refractivity contribution in [3.05, 3.63) is 510 Å². The summed E-state index contributed by atoms with van der Waals surface area (Å²) >= 11 is 7.72. The van der Waals surface area contributed by atoms with Crippen LogP contribution in [0.1, 0.15) is 0 Å². The molecule has 0 bridgehead atoms. The summed E-state index contributed by atoms with van der Waals surface area (Å²) in [4.78, 5) is 0. The first-order chi connectivity index (χ1) is 73.3. The maximum Gasteiger partial charge on any atom is 0.182 e. The minimum absolute atomic E-state index is 0.848. The molecule has 690 valence electrons. The molecular weight excluding hydrogens is 1900 g/mol. The van der Waals surface area contributed by atoms with Gasteiger partial charge in [0, 0.05) is 135 Å². The lowest BCUT2D eigenvalue weighted by molar-refractivity contribution is 0.668. The standard InChI is InChI=1S/C138H84N2O2S4Si2/c1-4-33-97(34-5-1)147(98-35-6-2-7-36-98,100-39-22-31-93(76-100)103-47-24-49-111-108-45-13-18-56-129(108)143-135(103)111)101-40-23-32-94(77-101)104-48-25-50-112-110-67-60-92(82-132(110)146-136(104)112)91-64-73-131-120(81-91)114-52-27-59-134(138(114)145-131)148(99-37-8-3-9-38-99,133-58-26-51-113-109-46-14-19-57-130(109)144-137(113)133)102-41-21-30-87(75-102)88-61-68-124-115(78-88)107-44-12-17-55-123(107)140(124)96-66-72-128-119(84-96)117-80-90(63-70-126(117)142-128)86-29-20-28-85(74-86)89-62-69-125-116(79-89)118-83-95(65-71-127(118)141-125)139-121-53-15-10-42-105(121)106-43-11-16-54-122(106)139/h1-84H. The molecule has 1 atom stereocenters. The van der Waals surface area contributed by atoms with Crippen LogP contribution < -0.4 is 41.5 Å². The van der Waals surface area contributed by atoms with Gasteiger partial charge in [-0.2, -0.15) is 0 Å². The highest BCUT2D eigenvalue weighted by Gasteiger charge is 2.46. The molecule has 8 heterocycles. The summed E-state index contributed by atoms with van der Waals surface area (Å²) in [5.74, 6) is 0. The lowest BCUT2D eigenvalue weighted by Crippen LogP contribution is -2.74. The topological polar surface area (TPSA) is 36.1 Å². The van der Waals surface area contributed by atoms with E-state index in [2.05, 4.69) is 519 Å². The van der Waals surface area contributed by atoms with Crippen LogP contribution in [0.2, 0.25) is 0 Å².